The van der Waals surface area contributed by atoms with E-state index < -0.39 is 11.6 Å². The van der Waals surface area contributed by atoms with Crippen LogP contribution in [0.15, 0.2) is 78.9 Å². The Balaban J connectivity index is 1.41. The summed E-state index contributed by atoms with van der Waals surface area (Å²) in [4.78, 5) is 0. The second-order valence-corrected chi connectivity index (χ2v) is 8.94. The summed E-state index contributed by atoms with van der Waals surface area (Å²) in [5, 5.41) is 0. The van der Waals surface area contributed by atoms with Gasteiger partial charge in [0.1, 0.15) is 23.9 Å². The van der Waals surface area contributed by atoms with Crippen LogP contribution in [0.5, 0.6) is 11.5 Å². The third-order valence-corrected chi connectivity index (χ3v) is 6.31. The van der Waals surface area contributed by atoms with E-state index in [1.165, 1.54) is 18.1 Å². The number of benzene rings is 4. The zero-order valence-electron chi connectivity index (χ0n) is 21.2. The van der Waals surface area contributed by atoms with Crippen molar-refractivity contribution in [2.75, 3.05) is 6.61 Å². The Labute approximate surface area is 216 Å². The average Bonchev–Trinajstić information content (AvgIpc) is 2.91. The van der Waals surface area contributed by atoms with Gasteiger partial charge in [0.2, 0.25) is 0 Å². The van der Waals surface area contributed by atoms with E-state index in [1.54, 1.807) is 48.5 Å². The van der Waals surface area contributed by atoms with Gasteiger partial charge in [-0.1, -0.05) is 68.3 Å². The van der Waals surface area contributed by atoms with E-state index in [0.717, 1.165) is 19.3 Å². The number of aryl methyl sites for hydroxylation is 1. The highest BCUT2D eigenvalue weighted by Crippen LogP contribution is 2.30. The van der Waals surface area contributed by atoms with E-state index in [4.69, 9.17) is 9.47 Å². The maximum absolute atomic E-state index is 14.9. The predicted molar refractivity (Wildman–Crippen MR) is 142 cm³/mol. The summed E-state index contributed by atoms with van der Waals surface area (Å²) in [6.07, 6.45) is 4.44. The Kier molecular flexibility index (Phi) is 8.89. The lowest BCUT2D eigenvalue weighted by Gasteiger charge is -2.12. The first-order chi connectivity index (χ1) is 18.0. The van der Waals surface area contributed by atoms with Crippen LogP contribution >= 0.6 is 0 Å². The van der Waals surface area contributed by atoms with Gasteiger partial charge in [-0.15, -0.1) is 0 Å². The van der Waals surface area contributed by atoms with Crippen molar-refractivity contribution >= 4 is 0 Å². The van der Waals surface area contributed by atoms with Crippen LogP contribution in [0.4, 0.5) is 13.2 Å². The molecule has 0 aliphatic carbocycles. The van der Waals surface area contributed by atoms with Gasteiger partial charge in [-0.05, 0) is 60.7 Å². The summed E-state index contributed by atoms with van der Waals surface area (Å²) >= 11 is 0. The van der Waals surface area contributed by atoms with Crippen LogP contribution in [0.2, 0.25) is 0 Å². The fourth-order valence-electron chi connectivity index (χ4n) is 4.23. The zero-order chi connectivity index (χ0) is 26.2. The minimum atomic E-state index is -0.919. The Morgan fingerprint density at radius 3 is 1.95 bits per heavy atom. The molecule has 0 heterocycles. The smallest absolute Gasteiger partial charge is 0.167 e. The van der Waals surface area contributed by atoms with Gasteiger partial charge in [0.15, 0.2) is 11.6 Å². The van der Waals surface area contributed by atoms with Gasteiger partial charge in [-0.3, -0.25) is 0 Å². The second-order valence-electron chi connectivity index (χ2n) is 8.94. The average molecular weight is 505 g/mol. The lowest BCUT2D eigenvalue weighted by atomic mass is 9.99. The molecular formula is C32H31F3O2. The molecule has 0 amide bonds. The largest absolute Gasteiger partial charge is 0.494 e. The SMILES string of the molecule is CCCCCc1ccc(-c2ccc(COc3ccc(-c4ccc(OCC)cc4F)cc3)c(F)c2F)cc1. The molecule has 0 unspecified atom stereocenters. The molecule has 0 fully saturated rings. The Morgan fingerprint density at radius 2 is 1.27 bits per heavy atom. The highest BCUT2D eigenvalue weighted by Gasteiger charge is 2.15. The lowest BCUT2D eigenvalue weighted by molar-refractivity contribution is 0.297. The third-order valence-electron chi connectivity index (χ3n) is 6.31. The molecule has 4 aromatic rings. The van der Waals surface area contributed by atoms with Gasteiger partial charge < -0.3 is 9.47 Å². The predicted octanol–water partition coefficient (Wildman–Crippen LogP) is 9.15. The summed E-state index contributed by atoms with van der Waals surface area (Å²) in [5.41, 5.74) is 3.29. The lowest BCUT2D eigenvalue weighted by Crippen LogP contribution is -2.02. The van der Waals surface area contributed by atoms with Crippen LogP contribution < -0.4 is 9.47 Å². The third kappa shape index (κ3) is 6.53. The van der Waals surface area contributed by atoms with Crippen molar-refractivity contribution in [3.8, 4) is 33.8 Å². The second kappa shape index (κ2) is 12.5. The molecule has 0 saturated heterocycles. The van der Waals surface area contributed by atoms with Crippen LogP contribution in [0.3, 0.4) is 0 Å². The normalized spacial score (nSPS) is 10.9. The first kappa shape index (κ1) is 26.3. The van der Waals surface area contributed by atoms with Crippen LogP contribution in [0.25, 0.3) is 22.3 Å². The minimum Gasteiger partial charge on any atom is -0.494 e. The maximum atomic E-state index is 14.9. The first-order valence-electron chi connectivity index (χ1n) is 12.7. The molecule has 4 aromatic carbocycles. The van der Waals surface area contributed by atoms with E-state index in [9.17, 15) is 13.2 Å². The molecule has 0 radical (unpaired) electrons. The summed E-state index contributed by atoms with van der Waals surface area (Å²) in [6, 6.07) is 22.3. The molecule has 5 heteroatoms. The van der Waals surface area contributed by atoms with Crippen molar-refractivity contribution in [1.82, 2.24) is 0 Å². The Bertz CT molecular complexity index is 1320. The number of unbranched alkanes of at least 4 members (excludes halogenated alkanes) is 2. The fraction of sp³-hybridized carbons (Fsp3) is 0.250. The summed E-state index contributed by atoms with van der Waals surface area (Å²) in [5.74, 6) is -1.25. The van der Waals surface area contributed by atoms with E-state index in [1.807, 2.05) is 31.2 Å². The van der Waals surface area contributed by atoms with Gasteiger partial charge in [0.25, 0.3) is 0 Å². The van der Waals surface area contributed by atoms with E-state index in [0.29, 0.717) is 34.8 Å². The fourth-order valence-corrected chi connectivity index (χ4v) is 4.23. The monoisotopic (exact) mass is 504 g/mol. The molecule has 0 aromatic heterocycles. The Hall–Kier alpha value is -3.73. The molecule has 0 N–H and O–H groups in total. The van der Waals surface area contributed by atoms with Crippen molar-refractivity contribution in [3.05, 3.63) is 107 Å². The highest BCUT2D eigenvalue weighted by atomic mass is 19.2. The molecular weight excluding hydrogens is 473 g/mol. The molecule has 0 spiro atoms. The summed E-state index contributed by atoms with van der Waals surface area (Å²) in [7, 11) is 0. The van der Waals surface area contributed by atoms with Gasteiger partial charge in [0.05, 0.1) is 6.61 Å². The summed E-state index contributed by atoms with van der Waals surface area (Å²) in [6.45, 7) is 4.34. The van der Waals surface area contributed by atoms with Crippen molar-refractivity contribution in [1.29, 1.82) is 0 Å². The molecule has 4 rings (SSSR count). The molecule has 0 atom stereocenters. The van der Waals surface area contributed by atoms with E-state index in [2.05, 4.69) is 6.92 Å². The molecule has 0 bridgehead atoms. The van der Waals surface area contributed by atoms with Crippen LogP contribution in [-0.4, -0.2) is 6.61 Å². The number of hydrogen-bond acceptors (Lipinski definition) is 2. The van der Waals surface area contributed by atoms with E-state index >= 15 is 0 Å². The standard InChI is InChI=1S/C32H31F3O2/c1-3-5-6-7-22-8-10-24(11-9-22)29-18-14-25(31(34)32(29)35)21-37-26-15-12-23(13-16-26)28-19-17-27(36-4-2)20-30(28)33/h8-20H,3-7,21H2,1-2H3. The van der Waals surface area contributed by atoms with Gasteiger partial charge in [0, 0.05) is 22.8 Å². The molecule has 0 aliphatic rings. The molecule has 0 aliphatic heterocycles. The maximum Gasteiger partial charge on any atom is 0.167 e. The minimum absolute atomic E-state index is 0.124. The van der Waals surface area contributed by atoms with Crippen molar-refractivity contribution in [3.63, 3.8) is 0 Å². The molecule has 0 saturated carbocycles. The number of halogens is 3. The highest BCUT2D eigenvalue weighted by molar-refractivity contribution is 5.66. The number of rotatable bonds is 11. The molecule has 2 nitrogen and oxygen atoms in total. The van der Waals surface area contributed by atoms with Gasteiger partial charge in [-0.25, -0.2) is 13.2 Å². The quantitative estimate of drug-likeness (QED) is 0.190. The van der Waals surface area contributed by atoms with Crippen molar-refractivity contribution in [2.45, 2.75) is 46.1 Å². The van der Waals surface area contributed by atoms with Gasteiger partial charge >= 0.3 is 0 Å². The topological polar surface area (TPSA) is 18.5 Å². The zero-order valence-corrected chi connectivity index (χ0v) is 21.2. The van der Waals surface area contributed by atoms with Crippen LogP contribution in [0, 0.1) is 17.5 Å². The van der Waals surface area contributed by atoms with E-state index in [-0.39, 0.29) is 23.6 Å². The van der Waals surface area contributed by atoms with Crippen molar-refractivity contribution < 1.29 is 22.6 Å². The molecule has 37 heavy (non-hydrogen) atoms. The van der Waals surface area contributed by atoms with Crippen molar-refractivity contribution in [2.24, 2.45) is 0 Å². The van der Waals surface area contributed by atoms with Crippen LogP contribution in [0.1, 0.15) is 44.2 Å². The number of hydrogen-bond donors (Lipinski definition) is 0. The Morgan fingerprint density at radius 1 is 0.622 bits per heavy atom. The molecule has 192 valence electrons. The number of ether oxygens (including phenoxy) is 2. The summed E-state index contributed by atoms with van der Waals surface area (Å²) < 4.78 is 55.2. The van der Waals surface area contributed by atoms with Gasteiger partial charge in [-0.2, -0.15) is 0 Å². The van der Waals surface area contributed by atoms with Crippen LogP contribution in [-0.2, 0) is 13.0 Å². The first-order valence-corrected chi connectivity index (χ1v) is 12.7.